The molecule has 6 nitrogen and oxygen atoms in total. The van der Waals surface area contributed by atoms with Crippen LogP contribution in [0, 0.1) is 10.8 Å². The molecule has 4 rings (SSSR count). The first-order chi connectivity index (χ1) is 13.5. The first-order valence-corrected chi connectivity index (χ1v) is 10.2. The van der Waals surface area contributed by atoms with Crippen molar-refractivity contribution in [1.29, 1.82) is 5.41 Å². The van der Waals surface area contributed by atoms with Crippen LogP contribution in [0.1, 0.15) is 49.8 Å². The number of piperidine rings is 1. The Labute approximate surface area is 170 Å². The Morgan fingerprint density at radius 2 is 1.93 bits per heavy atom. The molecule has 1 saturated carbocycles. The molecule has 0 unspecified atom stereocenters. The quantitative estimate of drug-likeness (QED) is 0.748. The first kappa shape index (κ1) is 19.0. The van der Waals surface area contributed by atoms with E-state index in [1.807, 2.05) is 0 Å². The molecule has 1 aliphatic heterocycles. The highest BCUT2D eigenvalue weighted by Gasteiger charge is 2.37. The maximum Gasteiger partial charge on any atom is 0.154 e. The maximum absolute atomic E-state index is 8.48. The minimum atomic E-state index is 0.204. The van der Waals surface area contributed by atoms with E-state index in [2.05, 4.69) is 14.9 Å². The fourth-order valence-electron chi connectivity index (χ4n) is 4.53. The first-order valence-electron chi connectivity index (χ1n) is 9.82. The number of nitrogens with two attached hydrogens (primary N) is 1. The Morgan fingerprint density at radius 3 is 2.57 bits per heavy atom. The van der Waals surface area contributed by atoms with Gasteiger partial charge in [0, 0.05) is 18.7 Å². The largest absolute Gasteiger partial charge is 0.495 e. The molecule has 2 aromatic rings. The zero-order valence-corrected chi connectivity index (χ0v) is 16.9. The molecule has 28 heavy (non-hydrogen) atoms. The molecule has 0 atom stereocenters. The number of hydrogen-bond acceptors (Lipinski definition) is 6. The van der Waals surface area contributed by atoms with Gasteiger partial charge in [-0.05, 0) is 43.2 Å². The average Bonchev–Trinajstić information content (AvgIpc) is 3.16. The van der Waals surface area contributed by atoms with Crippen molar-refractivity contribution in [2.45, 2.75) is 38.5 Å². The van der Waals surface area contributed by atoms with Crippen LogP contribution in [0.4, 0.5) is 11.6 Å². The number of nitrogens with one attached hydrogen (secondary N) is 1. The van der Waals surface area contributed by atoms with E-state index >= 15 is 0 Å². The number of anilines is 2. The van der Waals surface area contributed by atoms with Gasteiger partial charge in [-0.25, -0.2) is 9.97 Å². The van der Waals surface area contributed by atoms with Gasteiger partial charge in [0.2, 0.25) is 0 Å². The number of halogens is 1. The zero-order chi connectivity index (χ0) is 19.7. The number of nitrogen functional groups attached to an aromatic ring is 1. The summed E-state index contributed by atoms with van der Waals surface area (Å²) in [5.74, 6) is 1.59. The highest BCUT2D eigenvalue weighted by Crippen LogP contribution is 2.46. The number of methoxy groups -OCH3 is 1. The second-order valence-corrected chi connectivity index (χ2v) is 8.29. The van der Waals surface area contributed by atoms with Crippen molar-refractivity contribution < 1.29 is 4.74 Å². The molecule has 1 spiro atoms. The van der Waals surface area contributed by atoms with E-state index in [-0.39, 0.29) is 11.5 Å². The van der Waals surface area contributed by atoms with E-state index in [0.29, 0.717) is 27.4 Å². The van der Waals surface area contributed by atoms with Crippen LogP contribution in [0.2, 0.25) is 5.02 Å². The topological polar surface area (TPSA) is 88.1 Å². The molecular formula is C21H26ClN5O. The summed E-state index contributed by atoms with van der Waals surface area (Å²) in [7, 11) is 1.55. The van der Waals surface area contributed by atoms with Gasteiger partial charge < -0.3 is 15.4 Å². The summed E-state index contributed by atoms with van der Waals surface area (Å²) in [5.41, 5.74) is 7.96. The fraction of sp³-hybridized carbons (Fsp3) is 0.476. The summed E-state index contributed by atoms with van der Waals surface area (Å²) in [6.07, 6.45) is 9.66. The lowest BCUT2D eigenvalue weighted by Crippen LogP contribution is -2.39. The summed E-state index contributed by atoms with van der Waals surface area (Å²) in [4.78, 5) is 11.3. The molecule has 7 heteroatoms. The third kappa shape index (κ3) is 3.53. The van der Waals surface area contributed by atoms with Crippen LogP contribution in [-0.2, 0) is 0 Å². The van der Waals surface area contributed by atoms with Crippen molar-refractivity contribution in [3.05, 3.63) is 40.7 Å². The molecule has 2 fully saturated rings. The second kappa shape index (κ2) is 7.59. The van der Waals surface area contributed by atoms with Gasteiger partial charge in [-0.1, -0.05) is 30.5 Å². The Kier molecular flexibility index (Phi) is 5.15. The van der Waals surface area contributed by atoms with Crippen molar-refractivity contribution in [2.24, 2.45) is 5.41 Å². The molecule has 0 radical (unpaired) electrons. The molecule has 2 aliphatic rings. The van der Waals surface area contributed by atoms with Gasteiger partial charge in [-0.3, -0.25) is 5.41 Å². The van der Waals surface area contributed by atoms with Crippen molar-refractivity contribution in [1.82, 2.24) is 9.97 Å². The van der Waals surface area contributed by atoms with Crippen LogP contribution in [0.15, 0.2) is 24.4 Å². The van der Waals surface area contributed by atoms with Crippen LogP contribution in [0.25, 0.3) is 0 Å². The van der Waals surface area contributed by atoms with Gasteiger partial charge in [0.05, 0.1) is 24.0 Å². The lowest BCUT2D eigenvalue weighted by Gasteiger charge is -2.39. The van der Waals surface area contributed by atoms with Gasteiger partial charge in [0.15, 0.2) is 5.82 Å². The van der Waals surface area contributed by atoms with Crippen LogP contribution in [0.3, 0.4) is 0 Å². The van der Waals surface area contributed by atoms with Gasteiger partial charge in [0.25, 0.3) is 0 Å². The molecule has 1 aromatic heterocycles. The van der Waals surface area contributed by atoms with Gasteiger partial charge in [-0.2, -0.15) is 0 Å². The summed E-state index contributed by atoms with van der Waals surface area (Å²) in [6, 6.07) is 5.17. The van der Waals surface area contributed by atoms with E-state index in [4.69, 9.17) is 27.5 Å². The summed E-state index contributed by atoms with van der Waals surface area (Å²) in [5, 5.41) is 8.98. The molecule has 0 bridgehead atoms. The molecule has 148 valence electrons. The molecule has 3 N–H and O–H groups in total. The predicted molar refractivity (Wildman–Crippen MR) is 113 cm³/mol. The zero-order valence-electron chi connectivity index (χ0n) is 16.2. The van der Waals surface area contributed by atoms with Crippen molar-refractivity contribution in [3.63, 3.8) is 0 Å². The van der Waals surface area contributed by atoms with Crippen LogP contribution >= 0.6 is 11.6 Å². The molecule has 0 amide bonds. The standard InChI is InChI=1S/C21H26ClN5O/c1-28-16-12-14(4-5-15(16)22)18(23)19-20(24)26-17(13-25-19)27-10-8-21(9-11-27)6-2-3-7-21/h4-5,12-13,23H,2-3,6-11H2,1H3,(H2,24,26). The number of ether oxygens (including phenoxy) is 1. The van der Waals surface area contributed by atoms with E-state index < -0.39 is 0 Å². The third-order valence-electron chi connectivity index (χ3n) is 6.28. The smallest absolute Gasteiger partial charge is 0.154 e. The molecular weight excluding hydrogens is 374 g/mol. The van der Waals surface area contributed by atoms with Gasteiger partial charge in [0.1, 0.15) is 17.3 Å². The van der Waals surface area contributed by atoms with Gasteiger partial charge in [-0.15, -0.1) is 0 Å². The minimum absolute atomic E-state index is 0.204. The van der Waals surface area contributed by atoms with E-state index in [1.54, 1.807) is 31.5 Å². The Bertz CT molecular complexity index is 884. The fourth-order valence-corrected chi connectivity index (χ4v) is 4.72. The van der Waals surface area contributed by atoms with Crippen molar-refractivity contribution in [2.75, 3.05) is 30.8 Å². The Hall–Kier alpha value is -2.34. The Balaban J connectivity index is 1.51. The second-order valence-electron chi connectivity index (χ2n) is 7.88. The highest BCUT2D eigenvalue weighted by atomic mass is 35.5. The summed E-state index contributed by atoms with van der Waals surface area (Å²) >= 11 is 6.08. The van der Waals surface area contributed by atoms with E-state index in [0.717, 1.165) is 18.9 Å². The number of nitrogens with zero attached hydrogens (tertiary/aromatic N) is 3. The lowest BCUT2D eigenvalue weighted by atomic mass is 9.77. The number of benzene rings is 1. The normalized spacial score (nSPS) is 18.4. The maximum atomic E-state index is 8.48. The van der Waals surface area contributed by atoms with Crippen LogP contribution in [-0.4, -0.2) is 35.9 Å². The van der Waals surface area contributed by atoms with E-state index in [1.165, 1.54) is 38.5 Å². The number of aromatic nitrogens is 2. The predicted octanol–water partition coefficient (Wildman–Crippen LogP) is 4.30. The summed E-state index contributed by atoms with van der Waals surface area (Å²) < 4.78 is 5.24. The third-order valence-corrected chi connectivity index (χ3v) is 6.59. The molecule has 1 aliphatic carbocycles. The van der Waals surface area contributed by atoms with Crippen LogP contribution < -0.4 is 15.4 Å². The average molecular weight is 400 g/mol. The minimum Gasteiger partial charge on any atom is -0.495 e. The molecule has 2 heterocycles. The lowest BCUT2D eigenvalue weighted by molar-refractivity contribution is 0.226. The summed E-state index contributed by atoms with van der Waals surface area (Å²) in [6.45, 7) is 2.00. The number of rotatable bonds is 4. The molecule has 1 aromatic carbocycles. The highest BCUT2D eigenvalue weighted by molar-refractivity contribution is 6.32. The van der Waals surface area contributed by atoms with Crippen LogP contribution in [0.5, 0.6) is 5.75 Å². The Morgan fingerprint density at radius 1 is 1.21 bits per heavy atom. The van der Waals surface area contributed by atoms with Crippen molar-refractivity contribution >= 4 is 28.9 Å². The van der Waals surface area contributed by atoms with Crippen molar-refractivity contribution in [3.8, 4) is 5.75 Å². The number of hydrogen-bond donors (Lipinski definition) is 2. The van der Waals surface area contributed by atoms with E-state index in [9.17, 15) is 0 Å². The SMILES string of the molecule is COc1cc(C(=N)c2ncc(N3CCC4(CCCC4)CC3)nc2N)ccc1Cl. The monoisotopic (exact) mass is 399 g/mol. The van der Waals surface area contributed by atoms with Gasteiger partial charge >= 0.3 is 0 Å². The molecule has 1 saturated heterocycles.